The number of aliphatic imine (C=N–C) groups is 1. The van der Waals surface area contributed by atoms with Crippen molar-refractivity contribution in [3.05, 3.63) is 18.2 Å². The van der Waals surface area contributed by atoms with Gasteiger partial charge in [-0.15, -0.1) is 11.8 Å². The summed E-state index contributed by atoms with van der Waals surface area (Å²) in [7, 11) is 1.40. The molecule has 1 aromatic rings. The number of aromatic nitrogens is 2. The number of nitrogens with zero attached hydrogens (tertiary/aromatic N) is 3. The minimum atomic E-state index is -0.195. The smallest absolute Gasteiger partial charge is 0.305 e. The van der Waals surface area contributed by atoms with Crippen LogP contribution in [0.1, 0.15) is 12.1 Å². The van der Waals surface area contributed by atoms with Crippen LogP contribution in [0.3, 0.4) is 0 Å². The van der Waals surface area contributed by atoms with Gasteiger partial charge in [0.1, 0.15) is 0 Å². The molecule has 1 aliphatic rings. The first-order chi connectivity index (χ1) is 8.28. The monoisotopic (exact) mass is 253 g/mol. The first-order valence-corrected chi connectivity index (χ1v) is 6.43. The number of carbonyl (C=O) groups excluding carboxylic acids is 1. The number of methoxy groups -OCH3 is 1. The van der Waals surface area contributed by atoms with E-state index in [9.17, 15) is 4.79 Å². The van der Waals surface area contributed by atoms with E-state index < -0.39 is 0 Å². The Balaban J connectivity index is 1.81. The predicted octanol–water partition coefficient (Wildman–Crippen LogP) is 1.13. The van der Waals surface area contributed by atoms with Crippen LogP contribution in [-0.2, 0) is 22.5 Å². The summed E-state index contributed by atoms with van der Waals surface area (Å²) in [5, 5.41) is 0.512. The molecule has 0 spiro atoms. The van der Waals surface area contributed by atoms with E-state index >= 15 is 0 Å². The zero-order valence-corrected chi connectivity index (χ0v) is 10.5. The van der Waals surface area contributed by atoms with E-state index in [1.165, 1.54) is 7.11 Å². The Kier molecular flexibility index (Phi) is 4.19. The summed E-state index contributed by atoms with van der Waals surface area (Å²) in [6, 6.07) is 0. The van der Waals surface area contributed by atoms with E-state index in [1.807, 2.05) is 18.1 Å². The van der Waals surface area contributed by atoms with Gasteiger partial charge in [-0.05, 0) is 0 Å². The third-order valence-corrected chi connectivity index (χ3v) is 3.50. The number of hydrogen-bond donors (Lipinski definition) is 0. The number of imidazole rings is 1. The fourth-order valence-electron chi connectivity index (χ4n) is 1.64. The number of ether oxygens (including phenoxy) is 1. The van der Waals surface area contributed by atoms with Crippen molar-refractivity contribution in [2.45, 2.75) is 24.6 Å². The van der Waals surface area contributed by atoms with Gasteiger partial charge in [0.15, 0.2) is 0 Å². The first-order valence-electron chi connectivity index (χ1n) is 5.49. The van der Waals surface area contributed by atoms with E-state index in [4.69, 9.17) is 0 Å². The topological polar surface area (TPSA) is 56.5 Å². The maximum atomic E-state index is 11.0. The predicted molar refractivity (Wildman–Crippen MR) is 67.3 cm³/mol. The minimum absolute atomic E-state index is 0.195. The lowest BCUT2D eigenvalue weighted by Crippen LogP contribution is -2.11. The van der Waals surface area contributed by atoms with Gasteiger partial charge in [0, 0.05) is 24.4 Å². The molecular formula is C11H15N3O2S. The average molecular weight is 253 g/mol. The highest BCUT2D eigenvalue weighted by atomic mass is 32.2. The van der Waals surface area contributed by atoms with Gasteiger partial charge in [0.05, 0.1) is 37.6 Å². The highest BCUT2D eigenvalue weighted by Gasteiger charge is 2.13. The SMILES string of the molecule is COC(=O)CCc1cn(CC2CN=CS2)cn1. The molecule has 0 fully saturated rings. The molecule has 0 radical (unpaired) electrons. The molecule has 92 valence electrons. The zero-order chi connectivity index (χ0) is 12.1. The highest BCUT2D eigenvalue weighted by Crippen LogP contribution is 2.16. The zero-order valence-electron chi connectivity index (χ0n) is 9.70. The van der Waals surface area contributed by atoms with Crippen LogP contribution in [0, 0.1) is 0 Å². The van der Waals surface area contributed by atoms with Crippen LogP contribution >= 0.6 is 11.8 Å². The summed E-state index contributed by atoms with van der Waals surface area (Å²) in [4.78, 5) is 19.4. The second kappa shape index (κ2) is 5.86. The second-order valence-electron chi connectivity index (χ2n) is 3.87. The van der Waals surface area contributed by atoms with Crippen LogP contribution in [0.15, 0.2) is 17.5 Å². The molecule has 1 atom stereocenters. The van der Waals surface area contributed by atoms with E-state index in [-0.39, 0.29) is 5.97 Å². The largest absolute Gasteiger partial charge is 0.469 e. The van der Waals surface area contributed by atoms with Gasteiger partial charge in [0.25, 0.3) is 0 Å². The quantitative estimate of drug-likeness (QED) is 0.738. The average Bonchev–Trinajstić information content (AvgIpc) is 2.98. The van der Waals surface area contributed by atoms with Gasteiger partial charge in [-0.3, -0.25) is 9.79 Å². The molecule has 6 heteroatoms. The van der Waals surface area contributed by atoms with Gasteiger partial charge >= 0.3 is 5.97 Å². The maximum absolute atomic E-state index is 11.0. The minimum Gasteiger partial charge on any atom is -0.469 e. The Morgan fingerprint density at radius 1 is 1.71 bits per heavy atom. The number of esters is 1. The molecular weight excluding hydrogens is 238 g/mol. The van der Waals surface area contributed by atoms with Gasteiger partial charge in [0.2, 0.25) is 0 Å². The molecule has 2 rings (SSSR count). The summed E-state index contributed by atoms with van der Waals surface area (Å²) in [6.45, 7) is 1.79. The van der Waals surface area contributed by atoms with Crippen molar-refractivity contribution >= 4 is 23.3 Å². The van der Waals surface area contributed by atoms with Gasteiger partial charge in [-0.1, -0.05) is 0 Å². The Morgan fingerprint density at radius 3 is 3.29 bits per heavy atom. The fourth-order valence-corrected chi connectivity index (χ4v) is 2.41. The summed E-state index contributed by atoms with van der Waals surface area (Å²) in [6.07, 6.45) is 4.82. The van der Waals surface area contributed by atoms with Crippen LogP contribution in [0.5, 0.6) is 0 Å². The van der Waals surface area contributed by atoms with Crippen LogP contribution in [0.4, 0.5) is 0 Å². The van der Waals surface area contributed by atoms with Crippen molar-refractivity contribution in [2.75, 3.05) is 13.7 Å². The van der Waals surface area contributed by atoms with Crippen LogP contribution in [0.2, 0.25) is 0 Å². The second-order valence-corrected chi connectivity index (χ2v) is 5.02. The number of thioether (sulfide) groups is 1. The number of hydrogen-bond acceptors (Lipinski definition) is 5. The lowest BCUT2D eigenvalue weighted by Gasteiger charge is -2.06. The molecule has 2 heterocycles. The van der Waals surface area contributed by atoms with Gasteiger partial charge < -0.3 is 9.30 Å². The third kappa shape index (κ3) is 3.59. The van der Waals surface area contributed by atoms with Crippen molar-refractivity contribution in [3.8, 4) is 0 Å². The normalized spacial score (nSPS) is 18.5. The molecule has 0 aliphatic carbocycles. The number of carbonyl (C=O) groups is 1. The van der Waals surface area contributed by atoms with E-state index in [2.05, 4.69) is 19.3 Å². The molecule has 0 bridgehead atoms. The molecule has 0 N–H and O–H groups in total. The summed E-state index contributed by atoms with van der Waals surface area (Å²) in [5.74, 6) is -0.195. The number of rotatable bonds is 5. The van der Waals surface area contributed by atoms with Crippen molar-refractivity contribution in [3.63, 3.8) is 0 Å². The highest BCUT2D eigenvalue weighted by molar-refractivity contribution is 8.12. The van der Waals surface area contributed by atoms with Crippen molar-refractivity contribution in [1.29, 1.82) is 0 Å². The van der Waals surface area contributed by atoms with E-state index in [1.54, 1.807) is 11.8 Å². The van der Waals surface area contributed by atoms with Crippen LogP contribution < -0.4 is 0 Å². The molecule has 0 saturated carbocycles. The summed E-state index contributed by atoms with van der Waals surface area (Å²) in [5.41, 5.74) is 2.83. The molecule has 5 nitrogen and oxygen atoms in total. The molecule has 0 aromatic carbocycles. The fraction of sp³-hybridized carbons (Fsp3) is 0.545. The molecule has 1 unspecified atom stereocenters. The molecule has 0 amide bonds. The Bertz CT molecular complexity index is 409. The first kappa shape index (κ1) is 12.2. The molecule has 0 saturated heterocycles. The standard InChI is InChI=1S/C11H15N3O2S/c1-16-11(15)3-2-9-5-14(7-13-9)6-10-4-12-8-17-10/h5,7-8,10H,2-4,6H2,1H3. The molecule has 17 heavy (non-hydrogen) atoms. The van der Waals surface area contributed by atoms with E-state index in [0.29, 0.717) is 18.1 Å². The molecule has 1 aromatic heterocycles. The summed E-state index contributed by atoms with van der Waals surface area (Å²) < 4.78 is 6.65. The third-order valence-electron chi connectivity index (χ3n) is 2.55. The summed E-state index contributed by atoms with van der Waals surface area (Å²) >= 11 is 1.75. The number of aryl methyl sites for hydroxylation is 1. The van der Waals surface area contributed by atoms with Gasteiger partial charge in [-0.2, -0.15) is 0 Å². The van der Waals surface area contributed by atoms with Crippen LogP contribution in [0.25, 0.3) is 0 Å². The molecule has 1 aliphatic heterocycles. The van der Waals surface area contributed by atoms with Crippen molar-refractivity contribution < 1.29 is 9.53 Å². The van der Waals surface area contributed by atoms with Gasteiger partial charge in [-0.25, -0.2) is 4.98 Å². The lowest BCUT2D eigenvalue weighted by molar-refractivity contribution is -0.140. The Morgan fingerprint density at radius 2 is 2.59 bits per heavy atom. The van der Waals surface area contributed by atoms with E-state index in [0.717, 1.165) is 18.8 Å². The van der Waals surface area contributed by atoms with Crippen molar-refractivity contribution in [1.82, 2.24) is 9.55 Å². The Hall–Kier alpha value is -1.30. The Labute approximate surface area is 104 Å². The lowest BCUT2D eigenvalue weighted by atomic mass is 10.2. The van der Waals surface area contributed by atoms with Crippen LogP contribution in [-0.4, -0.2) is 40.0 Å². The maximum Gasteiger partial charge on any atom is 0.305 e. The van der Waals surface area contributed by atoms with Crippen molar-refractivity contribution in [2.24, 2.45) is 4.99 Å².